The summed E-state index contributed by atoms with van der Waals surface area (Å²) in [5, 5.41) is 7.46. The third-order valence-corrected chi connectivity index (χ3v) is 14.3. The van der Waals surface area contributed by atoms with Crippen molar-refractivity contribution in [3.05, 3.63) is 59.8 Å². The number of likely N-dealkylation sites (tertiary alicyclic amines) is 1. The Hall–Kier alpha value is -3.39. The minimum absolute atomic E-state index is 0.0473. The van der Waals surface area contributed by atoms with Crippen LogP contribution < -0.4 is 5.32 Å². The molecule has 1 saturated carbocycles. The van der Waals surface area contributed by atoms with Crippen molar-refractivity contribution >= 4 is 14.4 Å². The van der Waals surface area contributed by atoms with Crippen molar-refractivity contribution in [2.75, 3.05) is 26.2 Å². The van der Waals surface area contributed by atoms with Crippen molar-refractivity contribution in [2.24, 2.45) is 17.8 Å². The summed E-state index contributed by atoms with van der Waals surface area (Å²) in [5.41, 5.74) is 1.96. The lowest BCUT2D eigenvalue weighted by Crippen LogP contribution is -2.42. The van der Waals surface area contributed by atoms with Gasteiger partial charge in [0.15, 0.2) is 14.1 Å². The Bertz CT molecular complexity index is 1570. The first-order valence-corrected chi connectivity index (χ1v) is 20.0. The normalized spacial score (nSPS) is 21.0. The smallest absolute Gasteiger partial charge is 0.407 e. The Morgan fingerprint density at radius 2 is 1.81 bits per heavy atom. The molecule has 0 spiro atoms. The molecule has 2 fully saturated rings. The van der Waals surface area contributed by atoms with E-state index < -0.39 is 26.1 Å². The Morgan fingerprint density at radius 1 is 1.13 bits per heavy atom. The number of hydrogen-bond donors (Lipinski definition) is 1. The largest absolute Gasteiger partial charge is 0.444 e. The number of carbonyl (C=O) groups is 1. The van der Waals surface area contributed by atoms with Gasteiger partial charge in [-0.1, -0.05) is 44.7 Å². The maximum Gasteiger partial charge on any atom is 0.407 e. The van der Waals surface area contributed by atoms with Gasteiger partial charge < -0.3 is 28.5 Å². The van der Waals surface area contributed by atoms with Gasteiger partial charge in [0, 0.05) is 55.1 Å². The van der Waals surface area contributed by atoms with Crippen LogP contribution >= 0.6 is 0 Å². The second-order valence-corrected chi connectivity index (χ2v) is 20.4. The fraction of sp³-hybridized carbons (Fsp3) is 0.595. The molecule has 1 saturated heterocycles. The summed E-state index contributed by atoms with van der Waals surface area (Å²) in [4.78, 5) is 20.0. The lowest BCUT2D eigenvalue weighted by molar-refractivity contribution is 0.0521. The molecule has 3 aromatic rings. The lowest BCUT2D eigenvalue weighted by Gasteiger charge is -2.38. The summed E-state index contributed by atoms with van der Waals surface area (Å²) in [6.45, 7) is 24.8. The summed E-state index contributed by atoms with van der Waals surface area (Å²) >= 11 is 0. The van der Waals surface area contributed by atoms with E-state index in [0.717, 1.165) is 28.8 Å². The molecular formula is C37H53N5O4Si. The first-order valence-electron chi connectivity index (χ1n) is 17.0. The van der Waals surface area contributed by atoms with E-state index in [1.165, 1.54) is 26.1 Å². The number of imidazole rings is 1. The highest BCUT2D eigenvalue weighted by molar-refractivity contribution is 6.74. The Balaban J connectivity index is 1.33. The van der Waals surface area contributed by atoms with E-state index in [9.17, 15) is 4.79 Å². The number of hydrogen-bond acceptors (Lipinski definition) is 7. The zero-order chi connectivity index (χ0) is 34.1. The molecule has 1 amide bonds. The summed E-state index contributed by atoms with van der Waals surface area (Å²) in [6.07, 6.45) is 4.12. The number of aromatic nitrogens is 3. The van der Waals surface area contributed by atoms with Crippen molar-refractivity contribution in [1.82, 2.24) is 24.9 Å². The first kappa shape index (κ1) is 34.9. The monoisotopic (exact) mass is 659 g/mol. The molecule has 5 rings (SSSR count). The molecule has 0 bridgehead atoms. The topological polar surface area (TPSA) is 94.7 Å². The van der Waals surface area contributed by atoms with E-state index >= 15 is 0 Å². The molecule has 1 aliphatic heterocycles. The van der Waals surface area contributed by atoms with Crippen molar-refractivity contribution in [2.45, 2.75) is 97.7 Å². The molecule has 5 atom stereocenters. The highest BCUT2D eigenvalue weighted by Crippen LogP contribution is 2.51. The molecule has 2 aromatic heterocycles. The average Bonchev–Trinajstić information content (AvgIpc) is 3.47. The Kier molecular flexibility index (Phi) is 10.1. The summed E-state index contributed by atoms with van der Waals surface area (Å²) in [6, 6.07) is 9.66. The van der Waals surface area contributed by atoms with E-state index in [4.69, 9.17) is 18.7 Å². The second-order valence-electron chi connectivity index (χ2n) is 15.7. The lowest BCUT2D eigenvalue weighted by atomic mass is 10.1. The maximum atomic E-state index is 12.7. The van der Waals surface area contributed by atoms with Gasteiger partial charge in [-0.3, -0.25) is 0 Å². The van der Waals surface area contributed by atoms with Gasteiger partial charge in [0.2, 0.25) is 0 Å². The predicted octanol–water partition coefficient (Wildman–Crippen LogP) is 7.67. The van der Waals surface area contributed by atoms with E-state index in [1.54, 1.807) is 6.20 Å². The van der Waals surface area contributed by atoms with Crippen molar-refractivity contribution < 1.29 is 18.5 Å². The first-order chi connectivity index (χ1) is 22.1. The van der Waals surface area contributed by atoms with Crippen molar-refractivity contribution in [3.63, 3.8) is 0 Å². The molecule has 10 heteroatoms. The van der Waals surface area contributed by atoms with Crippen molar-refractivity contribution in [3.8, 4) is 23.2 Å². The van der Waals surface area contributed by atoms with E-state index in [2.05, 4.69) is 68.0 Å². The van der Waals surface area contributed by atoms with Gasteiger partial charge in [0.1, 0.15) is 23.2 Å². The van der Waals surface area contributed by atoms with Crippen LogP contribution in [-0.4, -0.2) is 65.8 Å². The SMILES string of the molecule is CCCN1C[C@@H]2C(C#Cc3ccc(-c4cc([C@@H](CNC(=O)OC(C)(C)C)n5ccnc5[C@H](C)O[Si](C)(C)C(C)(C)C)no4)cc3)[C@@H]2C1. The third kappa shape index (κ3) is 8.37. The average molecular weight is 660 g/mol. The van der Waals surface area contributed by atoms with Crippen molar-refractivity contribution in [1.29, 1.82) is 0 Å². The minimum atomic E-state index is -2.08. The molecular weight excluding hydrogens is 607 g/mol. The van der Waals surface area contributed by atoms with Crippen LogP contribution in [0.25, 0.3) is 11.3 Å². The molecule has 1 unspecified atom stereocenters. The van der Waals surface area contributed by atoms with Gasteiger partial charge in [-0.25, -0.2) is 9.78 Å². The van der Waals surface area contributed by atoms with Crippen LogP contribution in [0.2, 0.25) is 18.1 Å². The molecule has 9 nitrogen and oxygen atoms in total. The van der Waals surface area contributed by atoms with Crippen LogP contribution in [0.3, 0.4) is 0 Å². The van der Waals surface area contributed by atoms with Crippen LogP contribution in [0.5, 0.6) is 0 Å². The summed E-state index contributed by atoms with van der Waals surface area (Å²) in [5.74, 6) is 10.4. The molecule has 2 aliphatic rings. The van der Waals surface area contributed by atoms with Crippen LogP contribution in [0.1, 0.15) is 91.0 Å². The van der Waals surface area contributed by atoms with Gasteiger partial charge in [-0.2, -0.15) is 0 Å². The van der Waals surface area contributed by atoms with E-state index in [0.29, 0.717) is 17.4 Å². The number of nitrogens with one attached hydrogen (secondary N) is 1. The van der Waals surface area contributed by atoms with E-state index in [1.807, 2.05) is 68.8 Å². The number of ether oxygens (including phenoxy) is 1. The number of nitrogens with zero attached hydrogens (tertiary/aromatic N) is 4. The van der Waals surface area contributed by atoms with Crippen LogP contribution in [0.4, 0.5) is 4.79 Å². The van der Waals surface area contributed by atoms with Crippen LogP contribution in [-0.2, 0) is 9.16 Å². The van der Waals surface area contributed by atoms with Gasteiger partial charge >= 0.3 is 6.09 Å². The summed E-state index contributed by atoms with van der Waals surface area (Å²) < 4.78 is 20.1. The molecule has 47 heavy (non-hydrogen) atoms. The molecule has 0 radical (unpaired) electrons. The van der Waals surface area contributed by atoms with Gasteiger partial charge in [-0.05, 0) is 94.9 Å². The number of piperidine rings is 1. The zero-order valence-corrected chi connectivity index (χ0v) is 30.9. The van der Waals surface area contributed by atoms with Gasteiger partial charge in [-0.15, -0.1) is 0 Å². The number of fused-ring (bicyclic) bond motifs is 1. The van der Waals surface area contributed by atoms with Crippen LogP contribution in [0.15, 0.2) is 47.2 Å². The molecule has 1 aromatic carbocycles. The number of carbonyl (C=O) groups excluding carboxylic acids is 1. The summed E-state index contributed by atoms with van der Waals surface area (Å²) in [7, 11) is -2.08. The number of amides is 1. The van der Waals surface area contributed by atoms with Crippen LogP contribution in [0, 0.1) is 29.6 Å². The fourth-order valence-corrected chi connectivity index (χ4v) is 7.55. The van der Waals surface area contributed by atoms with Gasteiger partial charge in [0.05, 0.1) is 6.04 Å². The number of benzene rings is 1. The molecule has 1 aliphatic carbocycles. The quantitative estimate of drug-likeness (QED) is 0.176. The van der Waals surface area contributed by atoms with Gasteiger partial charge in [0.25, 0.3) is 0 Å². The number of alkyl carbamates (subject to hydrolysis) is 1. The van der Waals surface area contributed by atoms with E-state index in [-0.39, 0.29) is 17.7 Å². The highest BCUT2D eigenvalue weighted by Gasteiger charge is 2.54. The fourth-order valence-electron chi connectivity index (χ4n) is 6.21. The Labute approximate surface area is 281 Å². The zero-order valence-electron chi connectivity index (χ0n) is 29.9. The highest BCUT2D eigenvalue weighted by atomic mass is 28.4. The third-order valence-electron chi connectivity index (χ3n) is 9.75. The minimum Gasteiger partial charge on any atom is -0.444 e. The maximum absolute atomic E-state index is 12.7. The predicted molar refractivity (Wildman–Crippen MR) is 187 cm³/mol. The molecule has 254 valence electrons. The molecule has 1 N–H and O–H groups in total. The standard InChI is InChI=1S/C37H53N5O4Si/c1-11-19-41-23-29-28(30(29)24-41)17-14-26-12-15-27(16-13-26)33-21-31(40-45-33)32(22-39-35(43)44-36(3,4)5)42-20-18-38-34(42)25(2)46-47(9,10)37(6,7)8/h12-13,15-16,18,20-21,25,28-30,32H,11,19,22-24H2,1-10H3,(H,39,43)/t25-,28?,29-,30+,32+/m0/s1. The number of rotatable bonds is 10. The Morgan fingerprint density at radius 3 is 2.43 bits per heavy atom. The second kappa shape index (κ2) is 13.6. The molecule has 3 heterocycles.